The van der Waals surface area contributed by atoms with Crippen molar-refractivity contribution in [1.82, 2.24) is 4.57 Å². The fourth-order valence-electron chi connectivity index (χ4n) is 2.52. The molecule has 1 amide bonds. The smallest absolute Gasteiger partial charge is 0.309 e. The van der Waals surface area contributed by atoms with Gasteiger partial charge in [-0.2, -0.15) is 0 Å². The minimum atomic E-state index is -0.660. The van der Waals surface area contributed by atoms with E-state index < -0.39 is 29.5 Å². The van der Waals surface area contributed by atoms with Crippen molar-refractivity contribution in [3.05, 3.63) is 58.8 Å². The molecule has 24 heavy (non-hydrogen) atoms. The summed E-state index contributed by atoms with van der Waals surface area (Å²) in [6, 6.07) is 8.71. The molecule has 1 N–H and O–H groups in total. The van der Waals surface area contributed by atoms with Gasteiger partial charge in [-0.25, -0.2) is 4.39 Å². The molecule has 6 nitrogen and oxygen atoms in total. The highest BCUT2D eigenvalue weighted by molar-refractivity contribution is 5.98. The Morgan fingerprint density at radius 3 is 2.71 bits per heavy atom. The van der Waals surface area contributed by atoms with E-state index >= 15 is 0 Å². The molecule has 1 fully saturated rings. The van der Waals surface area contributed by atoms with E-state index in [1.54, 1.807) is 12.1 Å². The van der Waals surface area contributed by atoms with Crippen molar-refractivity contribution in [2.24, 2.45) is 11.8 Å². The van der Waals surface area contributed by atoms with Gasteiger partial charge in [-0.3, -0.25) is 19.0 Å². The lowest BCUT2D eigenvalue weighted by Crippen LogP contribution is -2.19. The number of rotatable bonds is 4. The maximum absolute atomic E-state index is 14.2. The van der Waals surface area contributed by atoms with Crippen LogP contribution in [0, 0.1) is 17.7 Å². The first-order chi connectivity index (χ1) is 11.5. The second-order valence-electron chi connectivity index (χ2n) is 5.53. The molecule has 124 valence electrons. The van der Waals surface area contributed by atoms with Gasteiger partial charge in [0.15, 0.2) is 0 Å². The zero-order valence-electron chi connectivity index (χ0n) is 12.9. The summed E-state index contributed by atoms with van der Waals surface area (Å²) in [7, 11) is 1.26. The third kappa shape index (κ3) is 3.05. The van der Waals surface area contributed by atoms with Crippen molar-refractivity contribution in [3.63, 3.8) is 0 Å². The number of ether oxygens (including phenoxy) is 1. The number of benzene rings is 1. The first kappa shape index (κ1) is 15.9. The number of hydrogen-bond donors (Lipinski definition) is 1. The van der Waals surface area contributed by atoms with Crippen molar-refractivity contribution in [2.75, 3.05) is 12.4 Å². The van der Waals surface area contributed by atoms with Crippen molar-refractivity contribution < 1.29 is 18.7 Å². The molecule has 0 radical (unpaired) electrons. The average molecular weight is 330 g/mol. The summed E-state index contributed by atoms with van der Waals surface area (Å²) in [4.78, 5) is 35.1. The number of methoxy groups -OCH3 is 1. The monoisotopic (exact) mass is 330 g/mol. The number of carbonyl (C=O) groups is 2. The zero-order valence-corrected chi connectivity index (χ0v) is 12.9. The highest BCUT2D eigenvalue weighted by Crippen LogP contribution is 2.40. The molecule has 3 rings (SSSR count). The SMILES string of the molecule is COC(=O)[C@@H]1C[C@@H]1C(=O)Nc1ccc(-n2ccccc2=O)cc1F. The molecule has 1 aromatic carbocycles. The molecule has 1 heterocycles. The second kappa shape index (κ2) is 6.27. The Morgan fingerprint density at radius 1 is 1.25 bits per heavy atom. The topological polar surface area (TPSA) is 77.4 Å². The Hall–Kier alpha value is -2.96. The van der Waals surface area contributed by atoms with Crippen LogP contribution in [0.15, 0.2) is 47.4 Å². The Bertz CT molecular complexity index is 862. The summed E-state index contributed by atoms with van der Waals surface area (Å²) in [5.74, 6) is -2.47. The zero-order chi connectivity index (χ0) is 17.3. The van der Waals surface area contributed by atoms with E-state index in [1.165, 1.54) is 42.1 Å². The molecule has 2 aromatic rings. The number of hydrogen-bond acceptors (Lipinski definition) is 4. The first-order valence-electron chi connectivity index (χ1n) is 7.37. The Labute approximate surface area is 136 Å². The molecule has 0 saturated heterocycles. The highest BCUT2D eigenvalue weighted by Gasteiger charge is 2.49. The number of esters is 1. The van der Waals surface area contributed by atoms with Gasteiger partial charge in [0.25, 0.3) is 5.56 Å². The molecular weight excluding hydrogens is 315 g/mol. The highest BCUT2D eigenvalue weighted by atomic mass is 19.1. The molecule has 7 heteroatoms. The fraction of sp³-hybridized carbons (Fsp3) is 0.235. The van der Waals surface area contributed by atoms with Crippen LogP contribution in [0.2, 0.25) is 0 Å². The van der Waals surface area contributed by atoms with Gasteiger partial charge >= 0.3 is 5.97 Å². The van der Waals surface area contributed by atoms with Gasteiger partial charge in [-0.15, -0.1) is 0 Å². The summed E-state index contributed by atoms with van der Waals surface area (Å²) in [6.07, 6.45) is 1.93. The lowest BCUT2D eigenvalue weighted by molar-refractivity contribution is -0.143. The summed E-state index contributed by atoms with van der Waals surface area (Å²) >= 11 is 0. The summed E-state index contributed by atoms with van der Waals surface area (Å²) < 4.78 is 20.1. The van der Waals surface area contributed by atoms with Crippen molar-refractivity contribution in [2.45, 2.75) is 6.42 Å². The molecular formula is C17H15FN2O4. The van der Waals surface area contributed by atoms with E-state index in [0.717, 1.165) is 0 Å². The number of carbonyl (C=O) groups excluding carboxylic acids is 2. The molecule has 0 aliphatic heterocycles. The van der Waals surface area contributed by atoms with Crippen LogP contribution >= 0.6 is 0 Å². The van der Waals surface area contributed by atoms with E-state index in [4.69, 9.17) is 0 Å². The Kier molecular flexibility index (Phi) is 4.16. The second-order valence-corrected chi connectivity index (χ2v) is 5.53. The maximum atomic E-state index is 14.2. The lowest BCUT2D eigenvalue weighted by atomic mass is 10.2. The average Bonchev–Trinajstić information content (AvgIpc) is 3.37. The fourth-order valence-corrected chi connectivity index (χ4v) is 2.52. The maximum Gasteiger partial charge on any atom is 0.309 e. The number of amides is 1. The third-order valence-corrected chi connectivity index (χ3v) is 3.94. The van der Waals surface area contributed by atoms with E-state index in [0.29, 0.717) is 12.1 Å². The van der Waals surface area contributed by atoms with Crippen LogP contribution in [0.1, 0.15) is 6.42 Å². The summed E-state index contributed by atoms with van der Waals surface area (Å²) in [5, 5.41) is 2.47. The quantitative estimate of drug-likeness (QED) is 0.866. The lowest BCUT2D eigenvalue weighted by Gasteiger charge is -2.09. The van der Waals surface area contributed by atoms with Crippen molar-refractivity contribution >= 4 is 17.6 Å². The van der Waals surface area contributed by atoms with E-state index in [1.807, 2.05) is 0 Å². The number of anilines is 1. The van der Waals surface area contributed by atoms with Gasteiger partial charge in [-0.05, 0) is 24.6 Å². The summed E-state index contributed by atoms with van der Waals surface area (Å²) in [5.41, 5.74) is 0.0748. The number of pyridine rings is 1. The number of nitrogens with zero attached hydrogens (tertiary/aromatic N) is 1. The Morgan fingerprint density at radius 2 is 2.04 bits per heavy atom. The van der Waals surface area contributed by atoms with Gasteiger partial charge in [0, 0.05) is 18.3 Å². The number of aromatic nitrogens is 1. The molecule has 2 atom stereocenters. The molecule has 0 unspecified atom stereocenters. The molecule has 1 aliphatic rings. The van der Waals surface area contributed by atoms with Gasteiger partial charge in [-0.1, -0.05) is 6.07 Å². The summed E-state index contributed by atoms with van der Waals surface area (Å²) in [6.45, 7) is 0. The standard InChI is InChI=1S/C17H15FN2O4/c1-24-17(23)12-9-11(12)16(22)19-14-6-5-10(8-13(14)18)20-7-3-2-4-15(20)21/h2-8,11-12H,9H2,1H3,(H,19,22)/t11-,12+/m0/s1. The molecule has 0 bridgehead atoms. The van der Waals surface area contributed by atoms with Crippen LogP contribution in [-0.2, 0) is 14.3 Å². The van der Waals surface area contributed by atoms with Crippen LogP contribution in [-0.4, -0.2) is 23.6 Å². The van der Waals surface area contributed by atoms with Crippen LogP contribution in [0.4, 0.5) is 10.1 Å². The minimum Gasteiger partial charge on any atom is -0.469 e. The predicted molar refractivity (Wildman–Crippen MR) is 84.2 cm³/mol. The molecule has 0 spiro atoms. The van der Waals surface area contributed by atoms with Crippen LogP contribution < -0.4 is 10.9 Å². The van der Waals surface area contributed by atoms with Crippen molar-refractivity contribution in [3.8, 4) is 5.69 Å². The minimum absolute atomic E-state index is 0.00301. The van der Waals surface area contributed by atoms with Gasteiger partial charge in [0.1, 0.15) is 5.82 Å². The van der Waals surface area contributed by atoms with Gasteiger partial charge in [0.2, 0.25) is 5.91 Å². The normalized spacial score (nSPS) is 18.8. The largest absolute Gasteiger partial charge is 0.469 e. The molecule has 1 aromatic heterocycles. The number of nitrogens with one attached hydrogen (secondary N) is 1. The van der Waals surface area contributed by atoms with E-state index in [9.17, 15) is 18.8 Å². The first-order valence-corrected chi connectivity index (χ1v) is 7.37. The van der Waals surface area contributed by atoms with Crippen LogP contribution in [0.5, 0.6) is 0 Å². The Balaban J connectivity index is 1.75. The van der Waals surface area contributed by atoms with Crippen LogP contribution in [0.25, 0.3) is 5.69 Å². The molecule has 1 saturated carbocycles. The van der Waals surface area contributed by atoms with Crippen molar-refractivity contribution in [1.29, 1.82) is 0 Å². The molecule has 1 aliphatic carbocycles. The number of halogens is 1. The van der Waals surface area contributed by atoms with E-state index in [-0.39, 0.29) is 11.2 Å². The van der Waals surface area contributed by atoms with E-state index in [2.05, 4.69) is 10.1 Å². The predicted octanol–water partition coefficient (Wildman–Crippen LogP) is 1.72. The third-order valence-electron chi connectivity index (χ3n) is 3.94. The van der Waals surface area contributed by atoms with Gasteiger partial charge < -0.3 is 10.1 Å². The van der Waals surface area contributed by atoms with Crippen LogP contribution in [0.3, 0.4) is 0 Å². The van der Waals surface area contributed by atoms with Gasteiger partial charge in [0.05, 0.1) is 30.3 Å².